The molecule has 1 heterocycles. The van der Waals surface area contributed by atoms with Gasteiger partial charge in [-0.05, 0) is 12.8 Å². The standard InChI is InChI=1S/C19H30N6O8/c1-8(2)15(18(31)24-12(19(32)33)4-10-6-21-7-22-10)25-16(29)11(5-13(27)28)23-17(30)14(20)9(3)26/h6-9,11-12,14-15,26H,4-5,20H2,1-3H3,(H,21,22)(H,23,30)(H,24,31)(H,25,29)(H,27,28)(H,32,33). The van der Waals surface area contributed by atoms with Crippen LogP contribution in [-0.2, 0) is 30.4 Å². The van der Waals surface area contributed by atoms with Crippen LogP contribution in [0.25, 0.3) is 0 Å². The molecule has 0 radical (unpaired) electrons. The topological polar surface area (TPSA) is 237 Å². The summed E-state index contributed by atoms with van der Waals surface area (Å²) in [5.74, 6) is -5.99. The lowest BCUT2D eigenvalue weighted by atomic mass is 10.0. The Hall–Kier alpha value is -3.52. The van der Waals surface area contributed by atoms with Crippen molar-refractivity contribution in [1.29, 1.82) is 0 Å². The van der Waals surface area contributed by atoms with Crippen molar-refractivity contribution >= 4 is 29.7 Å². The van der Waals surface area contributed by atoms with Gasteiger partial charge in [0.25, 0.3) is 0 Å². The summed E-state index contributed by atoms with van der Waals surface area (Å²) in [6, 6.07) is -5.55. The minimum atomic E-state index is -1.59. The SMILES string of the molecule is CC(C)C(NC(=O)C(CC(=O)O)NC(=O)C(N)C(C)O)C(=O)NC(Cc1cnc[nH]1)C(=O)O. The lowest BCUT2D eigenvalue weighted by Crippen LogP contribution is -2.59. The van der Waals surface area contributed by atoms with Crippen LogP contribution in [0.2, 0.25) is 0 Å². The summed E-state index contributed by atoms with van der Waals surface area (Å²) in [4.78, 5) is 66.8. The summed E-state index contributed by atoms with van der Waals surface area (Å²) in [5.41, 5.74) is 5.97. The number of imidazole rings is 1. The minimum Gasteiger partial charge on any atom is -0.481 e. The summed E-state index contributed by atoms with van der Waals surface area (Å²) in [6.45, 7) is 4.42. The zero-order chi connectivity index (χ0) is 25.3. The van der Waals surface area contributed by atoms with Gasteiger partial charge in [-0.3, -0.25) is 19.2 Å². The molecule has 5 atom stereocenters. The minimum absolute atomic E-state index is 0.0885. The van der Waals surface area contributed by atoms with Crippen LogP contribution in [0, 0.1) is 5.92 Å². The van der Waals surface area contributed by atoms with E-state index in [9.17, 15) is 34.2 Å². The Bertz CT molecular complexity index is 841. The van der Waals surface area contributed by atoms with Crippen molar-refractivity contribution in [2.24, 2.45) is 11.7 Å². The zero-order valence-corrected chi connectivity index (χ0v) is 18.4. The molecule has 5 unspecified atom stereocenters. The Labute approximate surface area is 189 Å². The average molecular weight is 470 g/mol. The molecule has 0 saturated carbocycles. The highest BCUT2D eigenvalue weighted by Gasteiger charge is 2.33. The van der Waals surface area contributed by atoms with E-state index >= 15 is 0 Å². The van der Waals surface area contributed by atoms with Gasteiger partial charge >= 0.3 is 11.9 Å². The molecule has 1 aromatic heterocycles. The molecule has 3 amide bonds. The number of aromatic nitrogens is 2. The Morgan fingerprint density at radius 3 is 2.06 bits per heavy atom. The van der Waals surface area contributed by atoms with Gasteiger partial charge in [0.15, 0.2) is 0 Å². The highest BCUT2D eigenvalue weighted by Crippen LogP contribution is 2.07. The van der Waals surface area contributed by atoms with Crippen LogP contribution in [0.5, 0.6) is 0 Å². The summed E-state index contributed by atoms with van der Waals surface area (Å²) in [6.07, 6.45) is 0.604. The van der Waals surface area contributed by atoms with Crippen LogP contribution in [0.4, 0.5) is 0 Å². The number of aliphatic hydroxyl groups is 1. The van der Waals surface area contributed by atoms with Gasteiger partial charge in [0.05, 0.1) is 18.9 Å². The van der Waals surface area contributed by atoms with Gasteiger partial charge in [-0.15, -0.1) is 0 Å². The first-order valence-electron chi connectivity index (χ1n) is 10.1. The number of nitrogens with one attached hydrogen (secondary N) is 4. The summed E-state index contributed by atoms with van der Waals surface area (Å²) >= 11 is 0. The van der Waals surface area contributed by atoms with E-state index in [1.54, 1.807) is 13.8 Å². The molecule has 14 nitrogen and oxygen atoms in total. The highest BCUT2D eigenvalue weighted by atomic mass is 16.4. The third kappa shape index (κ3) is 8.86. The van der Waals surface area contributed by atoms with Crippen LogP contribution in [0.3, 0.4) is 0 Å². The number of aromatic amines is 1. The van der Waals surface area contributed by atoms with Gasteiger partial charge in [0.1, 0.15) is 24.2 Å². The molecule has 0 aliphatic heterocycles. The molecule has 0 aromatic carbocycles. The first-order chi connectivity index (χ1) is 15.3. The molecular weight excluding hydrogens is 440 g/mol. The van der Waals surface area contributed by atoms with Gasteiger partial charge in [0, 0.05) is 18.3 Å². The lowest BCUT2D eigenvalue weighted by molar-refractivity contribution is -0.143. The van der Waals surface area contributed by atoms with Gasteiger partial charge in [-0.1, -0.05) is 13.8 Å². The smallest absolute Gasteiger partial charge is 0.326 e. The molecule has 1 aromatic rings. The van der Waals surface area contributed by atoms with Crippen molar-refractivity contribution in [3.8, 4) is 0 Å². The molecule has 0 spiro atoms. The van der Waals surface area contributed by atoms with E-state index in [1.807, 2.05) is 0 Å². The number of carbonyl (C=O) groups excluding carboxylic acids is 3. The fourth-order valence-corrected chi connectivity index (χ4v) is 2.74. The number of carbonyl (C=O) groups is 5. The summed E-state index contributed by atoms with van der Waals surface area (Å²) in [7, 11) is 0. The normalized spacial score (nSPS) is 15.6. The van der Waals surface area contributed by atoms with Crippen molar-refractivity contribution in [3.63, 3.8) is 0 Å². The largest absolute Gasteiger partial charge is 0.481 e. The van der Waals surface area contributed by atoms with Crippen LogP contribution in [0.1, 0.15) is 32.9 Å². The molecule has 0 aliphatic rings. The monoisotopic (exact) mass is 470 g/mol. The predicted molar refractivity (Wildman–Crippen MR) is 112 cm³/mol. The Balaban J connectivity index is 2.95. The van der Waals surface area contributed by atoms with E-state index in [-0.39, 0.29) is 6.42 Å². The number of carboxylic acids is 2. The van der Waals surface area contributed by atoms with Gasteiger partial charge in [-0.25, -0.2) is 9.78 Å². The van der Waals surface area contributed by atoms with E-state index in [0.717, 1.165) is 0 Å². The number of rotatable bonds is 13. The second-order valence-corrected chi connectivity index (χ2v) is 7.84. The maximum Gasteiger partial charge on any atom is 0.326 e. The Kier molecular flexibility index (Phi) is 10.4. The van der Waals surface area contributed by atoms with E-state index < -0.39 is 72.3 Å². The number of hydrogen-bond acceptors (Lipinski definition) is 8. The Morgan fingerprint density at radius 2 is 1.61 bits per heavy atom. The van der Waals surface area contributed by atoms with Crippen LogP contribution < -0.4 is 21.7 Å². The zero-order valence-electron chi connectivity index (χ0n) is 18.4. The van der Waals surface area contributed by atoms with Gasteiger partial charge in [-0.2, -0.15) is 0 Å². The second-order valence-electron chi connectivity index (χ2n) is 7.84. The van der Waals surface area contributed by atoms with Crippen LogP contribution in [0.15, 0.2) is 12.5 Å². The van der Waals surface area contributed by atoms with Crippen molar-refractivity contribution in [3.05, 3.63) is 18.2 Å². The third-order valence-electron chi connectivity index (χ3n) is 4.67. The van der Waals surface area contributed by atoms with Gasteiger partial charge < -0.3 is 42.0 Å². The quantitative estimate of drug-likeness (QED) is 0.149. The maximum atomic E-state index is 12.8. The molecule has 0 aliphatic carbocycles. The first kappa shape index (κ1) is 27.5. The molecule has 0 saturated heterocycles. The molecule has 0 bridgehead atoms. The number of H-pyrrole nitrogens is 1. The van der Waals surface area contributed by atoms with Crippen molar-refractivity contribution in [1.82, 2.24) is 25.9 Å². The second kappa shape index (κ2) is 12.5. The molecule has 14 heteroatoms. The molecule has 1 rings (SSSR count). The summed E-state index contributed by atoms with van der Waals surface area (Å²) < 4.78 is 0. The number of nitrogens with two attached hydrogens (primary N) is 1. The van der Waals surface area contributed by atoms with Crippen molar-refractivity contribution in [2.45, 2.75) is 63.9 Å². The average Bonchev–Trinajstić information content (AvgIpc) is 3.22. The predicted octanol–water partition coefficient (Wildman–Crippen LogP) is -2.67. The van der Waals surface area contributed by atoms with Crippen LogP contribution >= 0.6 is 0 Å². The molecular formula is C19H30N6O8. The van der Waals surface area contributed by atoms with E-state index in [0.29, 0.717) is 5.69 Å². The van der Waals surface area contributed by atoms with E-state index in [1.165, 1.54) is 19.4 Å². The number of carboxylic acid groups (broad SMARTS) is 2. The molecule has 0 fully saturated rings. The fourth-order valence-electron chi connectivity index (χ4n) is 2.74. The number of hydrogen-bond donors (Lipinski definition) is 8. The number of amides is 3. The van der Waals surface area contributed by atoms with Gasteiger partial charge in [0.2, 0.25) is 17.7 Å². The molecule has 184 valence electrons. The number of aliphatic carboxylic acids is 2. The van der Waals surface area contributed by atoms with Crippen molar-refractivity contribution < 1.29 is 39.3 Å². The first-order valence-corrected chi connectivity index (χ1v) is 10.1. The molecule has 33 heavy (non-hydrogen) atoms. The van der Waals surface area contributed by atoms with E-state index in [4.69, 9.17) is 10.8 Å². The number of nitrogens with zero attached hydrogens (tertiary/aromatic N) is 1. The Morgan fingerprint density at radius 1 is 1.00 bits per heavy atom. The summed E-state index contributed by atoms with van der Waals surface area (Å²) in [5, 5.41) is 34.8. The number of aliphatic hydroxyl groups excluding tert-OH is 1. The third-order valence-corrected chi connectivity index (χ3v) is 4.67. The maximum absolute atomic E-state index is 12.8. The van der Waals surface area contributed by atoms with Crippen LogP contribution in [-0.4, -0.2) is 85.2 Å². The van der Waals surface area contributed by atoms with Crippen molar-refractivity contribution in [2.75, 3.05) is 0 Å². The lowest BCUT2D eigenvalue weighted by Gasteiger charge is -2.26. The fraction of sp³-hybridized carbons (Fsp3) is 0.579. The molecule has 9 N–H and O–H groups in total. The highest BCUT2D eigenvalue weighted by molar-refractivity contribution is 5.95. The van der Waals surface area contributed by atoms with E-state index in [2.05, 4.69) is 25.9 Å².